The number of quaternary nitrogens is 1. The summed E-state index contributed by atoms with van der Waals surface area (Å²) in [5.41, 5.74) is 2.21. The van der Waals surface area contributed by atoms with Crippen LogP contribution in [0, 0.1) is 0 Å². The summed E-state index contributed by atoms with van der Waals surface area (Å²) in [6, 6.07) is 6.25. The van der Waals surface area contributed by atoms with E-state index in [2.05, 4.69) is 16.9 Å². The van der Waals surface area contributed by atoms with E-state index in [1.165, 1.54) is 19.4 Å². The molecule has 1 aromatic carbocycles. The van der Waals surface area contributed by atoms with Crippen LogP contribution < -0.4 is 15.2 Å². The van der Waals surface area contributed by atoms with Gasteiger partial charge in [-0.15, -0.1) is 0 Å². The van der Waals surface area contributed by atoms with Gasteiger partial charge < -0.3 is 14.6 Å². The molecule has 2 N–H and O–H groups in total. The second-order valence-electron chi connectivity index (χ2n) is 6.56. The normalized spacial score (nSPS) is 20.9. The number of hydrogen-bond donors (Lipinski definition) is 2. The zero-order valence-corrected chi connectivity index (χ0v) is 14.1. The number of rotatable bonds is 4. The number of benzene rings is 1. The summed E-state index contributed by atoms with van der Waals surface area (Å²) >= 11 is 0. The number of nitrogens with zero attached hydrogens (tertiary/aromatic N) is 2. The van der Waals surface area contributed by atoms with Crippen molar-refractivity contribution in [2.45, 2.75) is 32.4 Å². The van der Waals surface area contributed by atoms with Gasteiger partial charge in [0.1, 0.15) is 22.8 Å². The minimum Gasteiger partial charge on any atom is -0.497 e. The molecule has 1 unspecified atom stereocenters. The molecule has 3 heterocycles. The van der Waals surface area contributed by atoms with Crippen LogP contribution in [0.3, 0.4) is 0 Å². The fraction of sp³-hybridized carbons (Fsp3) is 0.444. The van der Waals surface area contributed by atoms with Gasteiger partial charge in [0, 0.05) is 24.3 Å². The van der Waals surface area contributed by atoms with E-state index in [4.69, 9.17) is 4.74 Å². The molecule has 1 aliphatic rings. The maximum Gasteiger partial charge on any atom is 0.277 e. The molecule has 126 valence electrons. The Balaban J connectivity index is 1.77. The van der Waals surface area contributed by atoms with Crippen LogP contribution >= 0.6 is 0 Å². The first-order valence-electron chi connectivity index (χ1n) is 8.60. The molecular formula is C18H23N4O2+. The molecule has 6 heteroatoms. The van der Waals surface area contributed by atoms with Crippen molar-refractivity contribution in [1.29, 1.82) is 0 Å². The van der Waals surface area contributed by atoms with Gasteiger partial charge in [-0.25, -0.2) is 4.98 Å². The third-order valence-electron chi connectivity index (χ3n) is 5.28. The van der Waals surface area contributed by atoms with Gasteiger partial charge in [-0.05, 0) is 19.1 Å². The molecule has 4 rings (SSSR count). The Morgan fingerprint density at radius 3 is 3.12 bits per heavy atom. The molecule has 0 aliphatic carbocycles. The molecule has 1 aliphatic heterocycles. The molecular weight excluding hydrogens is 304 g/mol. The Bertz CT molecular complexity index is 943. The summed E-state index contributed by atoms with van der Waals surface area (Å²) in [7, 11) is 1.64. The standard InChI is InChI=1S/C18H22N4O2/c1-3-21-8-4-5-12(21)10-22-11-19-16-14-7-6-13(24-2)9-15(14)20-17(16)18(22)23/h6-7,9,11-12,20H,3-5,8,10H2,1-2H3/p+1/t12-/m1/s1. The van der Waals surface area contributed by atoms with Crippen molar-refractivity contribution in [3.05, 3.63) is 34.9 Å². The summed E-state index contributed by atoms with van der Waals surface area (Å²) < 4.78 is 7.02. The molecule has 0 amide bonds. The predicted octanol–water partition coefficient (Wildman–Crippen LogP) is 0.954. The third kappa shape index (κ3) is 2.38. The van der Waals surface area contributed by atoms with E-state index in [0.29, 0.717) is 11.6 Å². The van der Waals surface area contributed by atoms with Crippen molar-refractivity contribution in [3.8, 4) is 5.75 Å². The Hall–Kier alpha value is -2.34. The molecule has 6 nitrogen and oxygen atoms in total. The summed E-state index contributed by atoms with van der Waals surface area (Å²) in [5.74, 6) is 0.766. The van der Waals surface area contributed by atoms with Crippen molar-refractivity contribution >= 4 is 21.9 Å². The molecule has 2 atom stereocenters. The number of aromatic amines is 1. The smallest absolute Gasteiger partial charge is 0.277 e. The van der Waals surface area contributed by atoms with Crippen LogP contribution in [-0.2, 0) is 6.54 Å². The van der Waals surface area contributed by atoms with E-state index in [1.54, 1.807) is 22.9 Å². The number of nitrogens with one attached hydrogen (secondary N) is 2. The first kappa shape index (κ1) is 15.2. The van der Waals surface area contributed by atoms with E-state index in [9.17, 15) is 4.79 Å². The molecule has 0 bridgehead atoms. The third-order valence-corrected chi connectivity index (χ3v) is 5.28. The molecule has 0 saturated carbocycles. The van der Waals surface area contributed by atoms with Gasteiger partial charge in [0.2, 0.25) is 0 Å². The van der Waals surface area contributed by atoms with E-state index in [-0.39, 0.29) is 5.56 Å². The van der Waals surface area contributed by atoms with Crippen LogP contribution in [-0.4, -0.2) is 40.8 Å². The summed E-state index contributed by atoms with van der Waals surface area (Å²) in [5, 5.41) is 0.955. The van der Waals surface area contributed by atoms with Crippen LogP contribution in [0.2, 0.25) is 0 Å². The van der Waals surface area contributed by atoms with Gasteiger partial charge in [0.05, 0.1) is 38.6 Å². The number of ether oxygens (including phenoxy) is 1. The van der Waals surface area contributed by atoms with Gasteiger partial charge in [-0.3, -0.25) is 9.36 Å². The molecule has 1 saturated heterocycles. The number of hydrogen-bond acceptors (Lipinski definition) is 3. The van der Waals surface area contributed by atoms with Crippen molar-refractivity contribution in [3.63, 3.8) is 0 Å². The first-order valence-corrected chi connectivity index (χ1v) is 8.60. The maximum atomic E-state index is 12.9. The topological polar surface area (TPSA) is 64.3 Å². The average molecular weight is 327 g/mol. The Morgan fingerprint density at radius 1 is 1.46 bits per heavy atom. The van der Waals surface area contributed by atoms with Crippen molar-refractivity contribution in [2.75, 3.05) is 20.2 Å². The second-order valence-corrected chi connectivity index (χ2v) is 6.56. The van der Waals surface area contributed by atoms with E-state index in [1.807, 2.05) is 18.2 Å². The minimum atomic E-state index is 0.0116. The van der Waals surface area contributed by atoms with Crippen LogP contribution in [0.4, 0.5) is 0 Å². The van der Waals surface area contributed by atoms with Gasteiger partial charge in [-0.1, -0.05) is 0 Å². The highest BCUT2D eigenvalue weighted by atomic mass is 16.5. The van der Waals surface area contributed by atoms with E-state index < -0.39 is 0 Å². The number of fused-ring (bicyclic) bond motifs is 3. The van der Waals surface area contributed by atoms with Crippen molar-refractivity contribution in [1.82, 2.24) is 14.5 Å². The lowest BCUT2D eigenvalue weighted by Gasteiger charge is -2.20. The van der Waals surface area contributed by atoms with E-state index in [0.717, 1.165) is 35.3 Å². The Morgan fingerprint density at radius 2 is 2.33 bits per heavy atom. The average Bonchev–Trinajstić information content (AvgIpc) is 3.20. The molecule has 2 aromatic heterocycles. The zero-order chi connectivity index (χ0) is 16.7. The minimum absolute atomic E-state index is 0.0116. The largest absolute Gasteiger partial charge is 0.497 e. The lowest BCUT2D eigenvalue weighted by Crippen LogP contribution is -3.13. The SMILES string of the molecule is CC[NH+]1CCC[C@@H]1Cn1cnc2c([nH]c3cc(OC)ccc32)c1=O. The van der Waals surface area contributed by atoms with Crippen LogP contribution in [0.25, 0.3) is 21.9 Å². The van der Waals surface area contributed by atoms with E-state index >= 15 is 0 Å². The Kier molecular flexibility index (Phi) is 3.76. The number of methoxy groups -OCH3 is 1. The molecule has 24 heavy (non-hydrogen) atoms. The molecule has 0 spiro atoms. The predicted molar refractivity (Wildman–Crippen MR) is 93.8 cm³/mol. The van der Waals surface area contributed by atoms with Crippen molar-refractivity contribution in [2.24, 2.45) is 0 Å². The highest BCUT2D eigenvalue weighted by Crippen LogP contribution is 2.25. The molecule has 3 aromatic rings. The monoisotopic (exact) mass is 327 g/mol. The molecule has 1 fully saturated rings. The van der Waals surface area contributed by atoms with Crippen molar-refractivity contribution < 1.29 is 9.64 Å². The zero-order valence-electron chi connectivity index (χ0n) is 14.1. The number of likely N-dealkylation sites (N-methyl/N-ethyl adjacent to an activating group) is 1. The van der Waals surface area contributed by atoms with Crippen LogP contribution in [0.1, 0.15) is 19.8 Å². The van der Waals surface area contributed by atoms with Crippen LogP contribution in [0.15, 0.2) is 29.3 Å². The Labute approximate surface area is 140 Å². The van der Waals surface area contributed by atoms with Gasteiger partial charge in [0.25, 0.3) is 5.56 Å². The molecule has 0 radical (unpaired) electrons. The lowest BCUT2D eigenvalue weighted by atomic mass is 10.2. The quantitative estimate of drug-likeness (QED) is 0.750. The highest BCUT2D eigenvalue weighted by Gasteiger charge is 2.27. The number of likely N-dealkylation sites (tertiary alicyclic amines) is 1. The summed E-state index contributed by atoms with van der Waals surface area (Å²) in [6.45, 7) is 5.27. The fourth-order valence-electron chi connectivity index (χ4n) is 3.94. The fourth-order valence-corrected chi connectivity index (χ4v) is 3.94. The second kappa shape index (κ2) is 5.94. The number of H-pyrrole nitrogens is 1. The first-order chi connectivity index (χ1) is 11.7. The summed E-state index contributed by atoms with van der Waals surface area (Å²) in [6.07, 6.45) is 4.12. The highest BCUT2D eigenvalue weighted by molar-refractivity contribution is 6.04. The summed E-state index contributed by atoms with van der Waals surface area (Å²) in [4.78, 5) is 22.3. The van der Waals surface area contributed by atoms with Gasteiger partial charge in [0.15, 0.2) is 0 Å². The van der Waals surface area contributed by atoms with Gasteiger partial charge in [-0.2, -0.15) is 0 Å². The van der Waals surface area contributed by atoms with Gasteiger partial charge >= 0.3 is 0 Å². The maximum absolute atomic E-state index is 12.9. The lowest BCUT2D eigenvalue weighted by molar-refractivity contribution is -0.911. The number of aromatic nitrogens is 3. The van der Waals surface area contributed by atoms with Crippen LogP contribution in [0.5, 0.6) is 5.75 Å².